The van der Waals surface area contributed by atoms with Gasteiger partial charge in [-0.25, -0.2) is 0 Å². The fourth-order valence-corrected chi connectivity index (χ4v) is 5.17. The first-order valence-corrected chi connectivity index (χ1v) is 16.0. The van der Waals surface area contributed by atoms with E-state index in [2.05, 4.69) is 31.4 Å². The van der Waals surface area contributed by atoms with Gasteiger partial charge in [0, 0.05) is 37.8 Å². The van der Waals surface area contributed by atoms with Gasteiger partial charge in [-0.3, -0.25) is 23.9 Å². The van der Waals surface area contributed by atoms with Crippen molar-refractivity contribution < 1.29 is 38.3 Å². The van der Waals surface area contributed by atoms with Gasteiger partial charge in [0.25, 0.3) is 11.8 Å². The Hall–Kier alpha value is -4.99. The van der Waals surface area contributed by atoms with E-state index in [1.807, 2.05) is 13.8 Å². The van der Waals surface area contributed by atoms with E-state index in [0.717, 1.165) is 0 Å². The Labute approximate surface area is 278 Å². The molecule has 1 aliphatic heterocycles. The van der Waals surface area contributed by atoms with Crippen LogP contribution in [-0.2, 0) is 22.7 Å². The van der Waals surface area contributed by atoms with Crippen LogP contribution in [0.2, 0.25) is 0 Å². The van der Waals surface area contributed by atoms with Gasteiger partial charge in [0.2, 0.25) is 11.8 Å². The average molecular weight is 669 g/mol. The van der Waals surface area contributed by atoms with E-state index >= 15 is 0 Å². The molecule has 0 spiro atoms. The third-order valence-electron chi connectivity index (χ3n) is 7.69. The molecule has 3 aromatic rings. The first-order chi connectivity index (χ1) is 23.0. The summed E-state index contributed by atoms with van der Waals surface area (Å²) in [5, 5.41) is 30.7. The normalized spacial score (nSPS) is 19.7. The zero-order valence-electron chi connectivity index (χ0n) is 27.7. The van der Waals surface area contributed by atoms with Gasteiger partial charge >= 0.3 is 0 Å². The molecule has 0 radical (unpaired) electrons. The maximum atomic E-state index is 13.4. The molecule has 48 heavy (non-hydrogen) atoms. The Kier molecular flexibility index (Phi) is 12.9. The number of amides is 4. The molecule has 3 atom stereocenters. The van der Waals surface area contributed by atoms with Crippen LogP contribution >= 0.6 is 0 Å². The molecule has 16 heteroatoms. The summed E-state index contributed by atoms with van der Waals surface area (Å²) >= 11 is 0. The van der Waals surface area contributed by atoms with Crippen molar-refractivity contribution >= 4 is 23.6 Å². The molecule has 0 fully saturated rings. The van der Waals surface area contributed by atoms with Crippen molar-refractivity contribution in [2.45, 2.75) is 77.8 Å². The number of aliphatic hydroxyl groups excluding tert-OH is 1. The van der Waals surface area contributed by atoms with Crippen LogP contribution in [0.1, 0.15) is 73.0 Å². The van der Waals surface area contributed by atoms with Crippen molar-refractivity contribution in [2.75, 3.05) is 26.7 Å². The van der Waals surface area contributed by atoms with Gasteiger partial charge in [0.1, 0.15) is 30.6 Å². The summed E-state index contributed by atoms with van der Waals surface area (Å²) in [5.74, 6) is -1.29. The third-order valence-corrected chi connectivity index (χ3v) is 7.69. The van der Waals surface area contributed by atoms with Crippen molar-refractivity contribution in [1.82, 2.24) is 41.0 Å². The topological polar surface area (TPSA) is 203 Å². The molecule has 1 aliphatic rings. The van der Waals surface area contributed by atoms with E-state index in [1.165, 1.54) is 32.4 Å². The number of hydrogen-bond acceptors (Lipinski definition) is 11. The highest BCUT2D eigenvalue weighted by molar-refractivity contribution is 5.99. The zero-order chi connectivity index (χ0) is 34.6. The molecule has 4 amide bonds. The second-order valence-corrected chi connectivity index (χ2v) is 12.0. The second-order valence-electron chi connectivity index (χ2n) is 12.0. The Morgan fingerprint density at radius 2 is 1.85 bits per heavy atom. The number of carbonyl (C=O) groups excluding carboxylic acids is 4. The van der Waals surface area contributed by atoms with Gasteiger partial charge in [0.15, 0.2) is 17.2 Å². The number of aryl methyl sites for hydroxylation is 1. The molecule has 4 rings (SSSR count). The lowest BCUT2D eigenvalue weighted by atomic mass is 10.0. The number of fused-ring (bicyclic) bond motifs is 4. The number of aromatic nitrogens is 4. The van der Waals surface area contributed by atoms with Gasteiger partial charge in [-0.05, 0) is 56.7 Å². The number of carbonyl (C=O) groups is 4. The lowest BCUT2D eigenvalue weighted by molar-refractivity contribution is -0.132. The number of rotatable bonds is 5. The second kappa shape index (κ2) is 17.2. The van der Waals surface area contributed by atoms with Crippen molar-refractivity contribution in [1.29, 1.82) is 0 Å². The number of benzene rings is 1. The molecule has 0 aliphatic carbocycles. The van der Waals surface area contributed by atoms with Gasteiger partial charge in [-0.15, -0.1) is 5.10 Å². The van der Waals surface area contributed by atoms with Crippen LogP contribution in [0.4, 0.5) is 0 Å². The highest BCUT2D eigenvalue weighted by Crippen LogP contribution is 2.29. The highest BCUT2D eigenvalue weighted by atomic mass is 16.5. The van der Waals surface area contributed by atoms with Crippen molar-refractivity contribution in [3.63, 3.8) is 0 Å². The maximum Gasteiger partial charge on any atom is 0.276 e. The molecule has 260 valence electrons. The molecule has 0 unspecified atom stereocenters. The summed E-state index contributed by atoms with van der Waals surface area (Å²) in [4.78, 5) is 54.6. The van der Waals surface area contributed by atoms with Crippen LogP contribution in [-0.4, -0.2) is 98.7 Å². The molecular formula is C32H44N8O8. The highest BCUT2D eigenvalue weighted by Gasteiger charge is 2.30. The SMILES string of the molecule is COc1ccc2cc1OCc1cn(nn1)CCCN(C(=O)c1ccon1)CCCCNC(=O)[C@H]([C@@H](C)O)NC(=O)[C@@H](CC(C)C)NC2=O. The number of aliphatic hydroxyl groups is 1. The summed E-state index contributed by atoms with van der Waals surface area (Å²) in [6.07, 6.45) is 3.81. The van der Waals surface area contributed by atoms with Gasteiger partial charge in [-0.2, -0.15) is 0 Å². The van der Waals surface area contributed by atoms with Crippen LogP contribution in [0.15, 0.2) is 41.2 Å². The Balaban J connectivity index is 1.57. The maximum absolute atomic E-state index is 13.4. The minimum atomic E-state index is -1.25. The van der Waals surface area contributed by atoms with E-state index in [4.69, 9.17) is 14.0 Å². The van der Waals surface area contributed by atoms with Crippen molar-refractivity contribution in [3.05, 3.63) is 53.7 Å². The van der Waals surface area contributed by atoms with Crippen LogP contribution in [0.5, 0.6) is 11.5 Å². The molecule has 1 aromatic carbocycles. The molecule has 4 N–H and O–H groups in total. The monoisotopic (exact) mass is 668 g/mol. The fraction of sp³-hybridized carbons (Fsp3) is 0.531. The molecule has 2 aromatic heterocycles. The Morgan fingerprint density at radius 3 is 2.56 bits per heavy atom. The number of nitrogens with zero attached hydrogens (tertiary/aromatic N) is 5. The smallest absolute Gasteiger partial charge is 0.276 e. The largest absolute Gasteiger partial charge is 0.493 e. The molecule has 4 bridgehead atoms. The summed E-state index contributed by atoms with van der Waals surface area (Å²) < 4.78 is 17.9. The lowest BCUT2D eigenvalue weighted by Gasteiger charge is -2.26. The Morgan fingerprint density at radius 1 is 1.06 bits per heavy atom. The summed E-state index contributed by atoms with van der Waals surface area (Å²) in [7, 11) is 1.48. The quantitative estimate of drug-likeness (QED) is 0.305. The minimum absolute atomic E-state index is 0.0191. The summed E-state index contributed by atoms with van der Waals surface area (Å²) in [5.41, 5.74) is 0.957. The van der Waals surface area contributed by atoms with E-state index in [9.17, 15) is 24.3 Å². The van der Waals surface area contributed by atoms with Crippen LogP contribution < -0.4 is 25.4 Å². The van der Waals surface area contributed by atoms with E-state index in [-0.39, 0.29) is 48.4 Å². The minimum Gasteiger partial charge on any atom is -0.493 e. The fourth-order valence-electron chi connectivity index (χ4n) is 5.17. The number of nitrogens with one attached hydrogen (secondary N) is 3. The molecule has 16 nitrogen and oxygen atoms in total. The molecular weight excluding hydrogens is 624 g/mol. The van der Waals surface area contributed by atoms with Crippen LogP contribution in [0.25, 0.3) is 0 Å². The first kappa shape index (κ1) is 35.9. The number of ether oxygens (including phenoxy) is 2. The van der Waals surface area contributed by atoms with Crippen LogP contribution in [0.3, 0.4) is 0 Å². The zero-order valence-corrected chi connectivity index (χ0v) is 27.7. The van der Waals surface area contributed by atoms with Gasteiger partial charge in [0.05, 0.1) is 19.4 Å². The molecule has 3 heterocycles. The predicted octanol–water partition coefficient (Wildman–Crippen LogP) is 1.31. The predicted molar refractivity (Wildman–Crippen MR) is 171 cm³/mol. The standard InChI is InChI=1S/C32H44N8O8/c1-20(2)16-25-30(43)35-28(21(3)41)31(44)33-11-5-6-12-39(32(45)24-10-15-48-37-24)13-7-14-40-18-23(36-38-40)19-47-27-17-22(29(42)34-25)8-9-26(27)46-4/h8-10,15,17-18,20-21,25,28,41H,5-7,11-14,16,19H2,1-4H3,(H,33,44)(H,34,42)(H,35,43)/t21-,25-,28+/m1/s1. The van der Waals surface area contributed by atoms with Crippen LogP contribution in [0, 0.1) is 5.92 Å². The molecule has 0 saturated heterocycles. The first-order valence-electron chi connectivity index (χ1n) is 16.0. The van der Waals surface area contributed by atoms with E-state index in [0.29, 0.717) is 50.3 Å². The third kappa shape index (κ3) is 10.0. The van der Waals surface area contributed by atoms with E-state index in [1.54, 1.807) is 27.9 Å². The average Bonchev–Trinajstić information content (AvgIpc) is 3.76. The van der Waals surface area contributed by atoms with Gasteiger partial charge in [-0.1, -0.05) is 24.2 Å². The van der Waals surface area contributed by atoms with E-state index < -0.39 is 35.9 Å². The number of methoxy groups -OCH3 is 1. The van der Waals surface area contributed by atoms with Crippen molar-refractivity contribution in [3.8, 4) is 11.5 Å². The summed E-state index contributed by atoms with van der Waals surface area (Å²) in [6, 6.07) is 3.90. The summed E-state index contributed by atoms with van der Waals surface area (Å²) in [6.45, 7) is 6.78. The van der Waals surface area contributed by atoms with Gasteiger partial charge < -0.3 is 40.0 Å². The molecule has 0 saturated carbocycles. The number of hydrogen-bond donors (Lipinski definition) is 4. The lowest BCUT2D eigenvalue weighted by Crippen LogP contribution is -2.57. The Bertz CT molecular complexity index is 1520. The van der Waals surface area contributed by atoms with Crippen molar-refractivity contribution in [2.24, 2.45) is 5.92 Å².